The van der Waals surface area contributed by atoms with Gasteiger partial charge in [-0.15, -0.1) is 0 Å². The van der Waals surface area contributed by atoms with Crippen molar-refractivity contribution in [2.24, 2.45) is 10.7 Å². The number of anilines is 2. The van der Waals surface area contributed by atoms with Crippen molar-refractivity contribution in [3.8, 4) is 11.6 Å². The topological polar surface area (TPSA) is 142 Å². The monoisotopic (exact) mass is 512 g/mol. The van der Waals surface area contributed by atoms with Gasteiger partial charge in [-0.2, -0.15) is 4.76 Å². The lowest BCUT2D eigenvalue weighted by Gasteiger charge is -2.24. The molecule has 1 atom stereocenters. The van der Waals surface area contributed by atoms with Crippen molar-refractivity contribution < 1.29 is 27.7 Å². The lowest BCUT2D eigenvalue weighted by atomic mass is 9.91. The first-order valence-electron chi connectivity index (χ1n) is 10.9. The fourth-order valence-corrected chi connectivity index (χ4v) is 6.01. The number of hydrogen-bond acceptors (Lipinski definition) is 7. The summed E-state index contributed by atoms with van der Waals surface area (Å²) in [6.45, 7) is 10.4. The third-order valence-corrected chi connectivity index (χ3v) is 7.97. The molecule has 0 aliphatic carbocycles. The van der Waals surface area contributed by atoms with E-state index in [-0.39, 0.29) is 34.0 Å². The second kappa shape index (κ2) is 8.94. The minimum absolute atomic E-state index is 0.00491. The third kappa shape index (κ3) is 5.11. The van der Waals surface area contributed by atoms with Crippen LogP contribution >= 0.6 is 7.52 Å². The van der Waals surface area contributed by atoms with Crippen LogP contribution in [0.2, 0.25) is 0 Å². The molecule has 0 bridgehead atoms. The molecule has 12 heteroatoms. The SMILES string of the molecule is COP1(=O)N=C(c2c(O)c(C(C)(C)C)n(CCC(C)C)c2O)Nc2ccc(NS(C)(=O)=O)cc21. The average molecular weight is 513 g/mol. The summed E-state index contributed by atoms with van der Waals surface area (Å²) in [5, 5.41) is 25.5. The van der Waals surface area contributed by atoms with Gasteiger partial charge in [-0.3, -0.25) is 9.29 Å². The number of amidine groups is 1. The third-order valence-electron chi connectivity index (χ3n) is 5.43. The number of rotatable bonds is 7. The molecule has 0 saturated carbocycles. The molecule has 1 aromatic carbocycles. The van der Waals surface area contributed by atoms with Gasteiger partial charge in [0.25, 0.3) is 0 Å². The number of nitrogens with one attached hydrogen (secondary N) is 2. The zero-order chi connectivity index (χ0) is 25.6. The van der Waals surface area contributed by atoms with Crippen molar-refractivity contribution in [1.82, 2.24) is 4.57 Å². The molecule has 0 radical (unpaired) electrons. The van der Waals surface area contributed by atoms with Crippen LogP contribution in [0.15, 0.2) is 23.0 Å². The van der Waals surface area contributed by atoms with E-state index in [0.717, 1.165) is 12.7 Å². The van der Waals surface area contributed by atoms with Crippen LogP contribution in [0.25, 0.3) is 0 Å². The number of sulfonamides is 1. The van der Waals surface area contributed by atoms with Gasteiger partial charge in [0.05, 0.1) is 22.9 Å². The Bertz CT molecular complexity index is 1290. The summed E-state index contributed by atoms with van der Waals surface area (Å²) < 4.78 is 50.4. The molecule has 1 aliphatic rings. The van der Waals surface area contributed by atoms with E-state index in [4.69, 9.17) is 4.52 Å². The van der Waals surface area contributed by atoms with Crippen LogP contribution in [0.3, 0.4) is 0 Å². The number of hydrogen-bond donors (Lipinski definition) is 4. The molecule has 2 aromatic rings. The Morgan fingerprint density at radius 3 is 2.44 bits per heavy atom. The molecule has 1 unspecified atom stereocenters. The molecule has 0 spiro atoms. The quantitative estimate of drug-likeness (QED) is 0.412. The van der Waals surface area contributed by atoms with Gasteiger partial charge in [-0.25, -0.2) is 8.42 Å². The van der Waals surface area contributed by atoms with Crippen molar-refractivity contribution in [2.75, 3.05) is 23.4 Å². The minimum Gasteiger partial charge on any atom is -0.505 e. The summed E-state index contributed by atoms with van der Waals surface area (Å²) in [6, 6.07) is 4.43. The lowest BCUT2D eigenvalue weighted by molar-refractivity contribution is 0.376. The van der Waals surface area contributed by atoms with E-state index in [0.29, 0.717) is 23.8 Å². The highest BCUT2D eigenvalue weighted by molar-refractivity contribution is 7.92. The summed E-state index contributed by atoms with van der Waals surface area (Å²) >= 11 is 0. The van der Waals surface area contributed by atoms with Crippen molar-refractivity contribution in [3.05, 3.63) is 29.5 Å². The maximum absolute atomic E-state index is 13.7. The summed E-state index contributed by atoms with van der Waals surface area (Å²) in [5.74, 6) is 0.0447. The van der Waals surface area contributed by atoms with E-state index in [1.54, 1.807) is 4.57 Å². The molecular formula is C22H33N4O6PS. The molecule has 3 rings (SSSR count). The highest BCUT2D eigenvalue weighted by atomic mass is 32.2. The molecule has 0 saturated heterocycles. The molecule has 0 fully saturated rings. The first kappa shape index (κ1) is 26.1. The highest BCUT2D eigenvalue weighted by Crippen LogP contribution is 2.53. The van der Waals surface area contributed by atoms with Gasteiger partial charge in [0.1, 0.15) is 5.56 Å². The zero-order valence-electron chi connectivity index (χ0n) is 20.5. The van der Waals surface area contributed by atoms with Gasteiger partial charge in [-0.05, 0) is 30.5 Å². The number of nitrogens with zero attached hydrogens (tertiary/aromatic N) is 2. The van der Waals surface area contributed by atoms with Gasteiger partial charge < -0.3 is 24.6 Å². The van der Waals surface area contributed by atoms with Crippen molar-refractivity contribution in [1.29, 1.82) is 0 Å². The first-order valence-corrected chi connectivity index (χ1v) is 14.3. The van der Waals surface area contributed by atoms with E-state index in [1.165, 1.54) is 25.3 Å². The van der Waals surface area contributed by atoms with Crippen LogP contribution in [0.5, 0.6) is 11.6 Å². The van der Waals surface area contributed by atoms with Crippen LogP contribution in [-0.4, -0.2) is 42.4 Å². The Morgan fingerprint density at radius 2 is 1.91 bits per heavy atom. The fourth-order valence-electron chi connectivity index (χ4n) is 3.91. The molecule has 34 heavy (non-hydrogen) atoms. The first-order chi connectivity index (χ1) is 15.6. The van der Waals surface area contributed by atoms with Gasteiger partial charge in [0.2, 0.25) is 15.9 Å². The standard InChI is InChI=1S/C22H33N4O6PS/c1-13(2)10-11-26-19(22(3,4)5)18(27)17(21(26)28)20-23-15-9-8-14(25-34(7,30)31)12-16(15)33(29,24-20)32-6/h8-9,12-13,25,27-28H,10-11H2,1-7H3,(H,23,24,29). The smallest absolute Gasteiger partial charge is 0.348 e. The largest absolute Gasteiger partial charge is 0.505 e. The zero-order valence-corrected chi connectivity index (χ0v) is 22.2. The molecule has 10 nitrogen and oxygen atoms in total. The second-order valence-corrected chi connectivity index (χ2v) is 13.7. The van der Waals surface area contributed by atoms with Crippen LogP contribution in [0, 0.1) is 5.92 Å². The maximum Gasteiger partial charge on any atom is 0.348 e. The Balaban J connectivity index is 2.17. The normalized spacial score (nSPS) is 18.4. The molecular weight excluding hydrogens is 479 g/mol. The number of aromatic nitrogens is 1. The average Bonchev–Trinajstić information content (AvgIpc) is 2.95. The van der Waals surface area contributed by atoms with E-state index in [2.05, 4.69) is 28.6 Å². The molecule has 188 valence electrons. The van der Waals surface area contributed by atoms with Gasteiger partial charge in [-0.1, -0.05) is 34.6 Å². The highest BCUT2D eigenvalue weighted by Gasteiger charge is 2.38. The Morgan fingerprint density at radius 1 is 1.26 bits per heavy atom. The van der Waals surface area contributed by atoms with E-state index in [9.17, 15) is 23.2 Å². The molecule has 0 amide bonds. The summed E-state index contributed by atoms with van der Waals surface area (Å²) in [4.78, 5) is 0. The maximum atomic E-state index is 13.7. The number of benzene rings is 1. The van der Waals surface area contributed by atoms with Crippen LogP contribution in [0.1, 0.15) is 52.3 Å². The Kier molecular flexibility index (Phi) is 6.87. The Labute approximate surface area is 200 Å². The fraction of sp³-hybridized carbons (Fsp3) is 0.500. The number of fused-ring (bicyclic) bond motifs is 1. The second-order valence-electron chi connectivity index (χ2n) is 9.86. The van der Waals surface area contributed by atoms with Crippen LogP contribution < -0.4 is 15.3 Å². The van der Waals surface area contributed by atoms with E-state index >= 15 is 0 Å². The minimum atomic E-state index is -3.86. The summed E-state index contributed by atoms with van der Waals surface area (Å²) in [5.41, 5.74) is 0.645. The Hall–Kier alpha value is -2.49. The van der Waals surface area contributed by atoms with Crippen molar-refractivity contribution in [2.45, 2.75) is 53.0 Å². The van der Waals surface area contributed by atoms with Crippen molar-refractivity contribution in [3.63, 3.8) is 0 Å². The molecule has 2 heterocycles. The van der Waals surface area contributed by atoms with E-state index < -0.39 is 23.0 Å². The predicted molar refractivity (Wildman–Crippen MR) is 135 cm³/mol. The molecule has 1 aliphatic heterocycles. The molecule has 1 aromatic heterocycles. The lowest BCUT2D eigenvalue weighted by Crippen LogP contribution is -2.26. The predicted octanol–water partition coefficient (Wildman–Crippen LogP) is 3.95. The summed E-state index contributed by atoms with van der Waals surface area (Å²) in [6.07, 6.45) is 1.79. The molecule has 4 N–H and O–H groups in total. The van der Waals surface area contributed by atoms with Crippen molar-refractivity contribution >= 4 is 40.1 Å². The van der Waals surface area contributed by atoms with Gasteiger partial charge in [0, 0.05) is 24.8 Å². The van der Waals surface area contributed by atoms with Crippen LogP contribution in [-0.2, 0) is 31.1 Å². The van der Waals surface area contributed by atoms with Gasteiger partial charge in [0.15, 0.2) is 11.6 Å². The van der Waals surface area contributed by atoms with E-state index in [1.807, 2.05) is 20.8 Å². The summed E-state index contributed by atoms with van der Waals surface area (Å²) in [7, 11) is -6.16. The number of aromatic hydroxyl groups is 2. The van der Waals surface area contributed by atoms with Gasteiger partial charge >= 0.3 is 7.52 Å². The van der Waals surface area contributed by atoms with Crippen LogP contribution in [0.4, 0.5) is 11.4 Å².